The van der Waals surface area contributed by atoms with Crippen LogP contribution in [0.5, 0.6) is 5.75 Å². The molecule has 2 aromatic carbocycles. The predicted molar refractivity (Wildman–Crippen MR) is 213 cm³/mol. The predicted octanol–water partition coefficient (Wildman–Crippen LogP) is 7.49. The van der Waals surface area contributed by atoms with Gasteiger partial charge in [-0.05, 0) is 112 Å². The number of hydrogen-bond donors (Lipinski definition) is 2. The van der Waals surface area contributed by atoms with Crippen LogP contribution < -0.4 is 14.4 Å². The topological polar surface area (TPSA) is 68.3 Å². The van der Waals surface area contributed by atoms with E-state index in [1.165, 1.54) is 24.0 Å². The van der Waals surface area contributed by atoms with Crippen molar-refractivity contribution in [2.75, 3.05) is 65.4 Å². The van der Waals surface area contributed by atoms with E-state index in [-0.39, 0.29) is 22.6 Å². The molecule has 0 aromatic heterocycles. The number of fused-ring (bicyclic) bond motifs is 2. The number of likely N-dealkylation sites (tertiary alicyclic amines) is 1. The Bertz CT molecular complexity index is 1530. The molecule has 0 radical (unpaired) electrons. The zero-order valence-electron chi connectivity index (χ0n) is 31.5. The summed E-state index contributed by atoms with van der Waals surface area (Å²) in [4.78, 5) is 21.2. The Morgan fingerprint density at radius 2 is 1.88 bits per heavy atom. The fourth-order valence-electron chi connectivity index (χ4n) is 8.30. The number of anilines is 1. The molecular weight excluding hydrogens is 664 g/mol. The van der Waals surface area contributed by atoms with Gasteiger partial charge in [0.15, 0.2) is 0 Å². The summed E-state index contributed by atoms with van der Waals surface area (Å²) in [6.45, 7) is 14.9. The highest BCUT2D eigenvalue weighted by molar-refractivity contribution is 8.13. The third kappa shape index (κ3) is 8.63. The number of nitrogens with zero attached hydrogens (tertiary/aromatic N) is 3. The molecule has 1 aliphatic carbocycles. The third-order valence-corrected chi connectivity index (χ3v) is 14.1. The van der Waals surface area contributed by atoms with Gasteiger partial charge in [-0.15, -0.1) is 0 Å². The Kier molecular flexibility index (Phi) is 13.2. The first-order chi connectivity index (χ1) is 24.0. The van der Waals surface area contributed by atoms with Crippen LogP contribution in [0.2, 0.25) is 5.02 Å². The Hall–Kier alpha value is -2.36. The first-order valence-electron chi connectivity index (χ1n) is 18.6. The lowest BCUT2D eigenvalue weighted by Gasteiger charge is -2.54. The zero-order chi connectivity index (χ0) is 36.2. The number of halogens is 1. The second-order valence-electron chi connectivity index (χ2n) is 15.6. The molecule has 1 saturated heterocycles. The van der Waals surface area contributed by atoms with Crippen molar-refractivity contribution in [3.05, 3.63) is 70.3 Å². The maximum atomic E-state index is 13.6. The van der Waals surface area contributed by atoms with Gasteiger partial charge < -0.3 is 24.4 Å². The summed E-state index contributed by atoms with van der Waals surface area (Å²) in [6, 6.07) is 12.4. The van der Waals surface area contributed by atoms with Gasteiger partial charge in [0.1, 0.15) is 5.75 Å². The fourth-order valence-corrected chi connectivity index (χ4v) is 9.71. The molecule has 50 heavy (non-hydrogen) atoms. The van der Waals surface area contributed by atoms with E-state index in [0.29, 0.717) is 35.8 Å². The van der Waals surface area contributed by atoms with Gasteiger partial charge in [-0.2, -0.15) is 0 Å². The van der Waals surface area contributed by atoms with Crippen LogP contribution >= 0.6 is 22.3 Å². The largest absolute Gasteiger partial charge is 0.491 e. The lowest BCUT2D eigenvalue weighted by molar-refractivity contribution is -0.0323. The van der Waals surface area contributed by atoms with Crippen LogP contribution in [0.25, 0.3) is 0 Å². The summed E-state index contributed by atoms with van der Waals surface area (Å²) in [5.41, 5.74) is 4.62. The lowest BCUT2D eigenvalue weighted by Crippen LogP contribution is -2.67. The van der Waals surface area contributed by atoms with Crippen molar-refractivity contribution in [3.63, 3.8) is 0 Å². The molecule has 7 unspecified atom stereocenters. The molecule has 3 aliphatic heterocycles. The molecule has 2 fully saturated rings. The second-order valence-corrected chi connectivity index (χ2v) is 17.9. The van der Waals surface area contributed by atoms with Crippen molar-refractivity contribution < 1.29 is 14.6 Å². The molecule has 2 N–H and O–H groups in total. The minimum atomic E-state index is -0.497. The molecule has 1 saturated carbocycles. The molecule has 9 heteroatoms. The van der Waals surface area contributed by atoms with Gasteiger partial charge in [0.2, 0.25) is 0 Å². The van der Waals surface area contributed by atoms with Crippen molar-refractivity contribution in [1.82, 2.24) is 14.5 Å². The number of aryl methyl sites for hydroxylation is 1. The smallest absolute Gasteiger partial charge is 0.260 e. The molecule has 4 aliphatic rings. The number of hydrogen-bond acceptors (Lipinski definition) is 6. The number of benzene rings is 2. The monoisotopic (exact) mass is 724 g/mol. The van der Waals surface area contributed by atoms with Crippen LogP contribution in [0.15, 0.2) is 48.6 Å². The maximum absolute atomic E-state index is 13.6. The van der Waals surface area contributed by atoms with Crippen molar-refractivity contribution in [3.8, 4) is 5.75 Å². The van der Waals surface area contributed by atoms with E-state index in [2.05, 4.69) is 97.4 Å². The number of carbonyl (C=O) groups excluding carboxylic acids is 1. The number of amides is 1. The summed E-state index contributed by atoms with van der Waals surface area (Å²) >= 11 is 6.49. The van der Waals surface area contributed by atoms with Crippen LogP contribution in [-0.2, 0) is 6.42 Å². The van der Waals surface area contributed by atoms with E-state index < -0.39 is 10.7 Å². The SMILES string of the molecule is C=S1NC(=O)c2ccc3c(c2)N(CC(c2ccc(Cl)cc2CCC)CO3)CC2CCC2C(CN2CC(C)(N(C)C)C2)/C=C/CC(C)C1C.CO. The number of aliphatic hydroxyl groups excluding tert-OH is 1. The number of aliphatic hydroxyl groups is 1. The van der Waals surface area contributed by atoms with E-state index in [0.717, 1.165) is 75.6 Å². The van der Waals surface area contributed by atoms with Crippen LogP contribution in [0.4, 0.5) is 5.69 Å². The highest BCUT2D eigenvalue weighted by Gasteiger charge is 2.44. The molecule has 2 bridgehead atoms. The highest BCUT2D eigenvalue weighted by Crippen LogP contribution is 2.45. The van der Waals surface area contributed by atoms with Gasteiger partial charge in [0, 0.05) is 67.1 Å². The van der Waals surface area contributed by atoms with Crippen LogP contribution in [0, 0.1) is 23.7 Å². The van der Waals surface area contributed by atoms with Crippen LogP contribution in [0.1, 0.15) is 80.8 Å². The third-order valence-electron chi connectivity index (χ3n) is 12.0. The van der Waals surface area contributed by atoms with E-state index in [4.69, 9.17) is 21.4 Å². The van der Waals surface area contributed by atoms with Crippen molar-refractivity contribution in [2.24, 2.45) is 23.7 Å². The number of rotatable bonds is 6. The number of allylic oxidation sites excluding steroid dienone is 1. The zero-order valence-corrected chi connectivity index (χ0v) is 33.0. The maximum Gasteiger partial charge on any atom is 0.260 e. The molecule has 2 aromatic rings. The number of ether oxygens (including phenoxy) is 1. The fraction of sp³-hybridized carbons (Fsp3) is 0.610. The number of carbonyl (C=O) groups is 1. The average Bonchev–Trinajstić information content (AvgIpc) is 3.25. The first kappa shape index (κ1) is 38.9. The number of nitrogens with one attached hydrogen (secondary N) is 1. The average molecular weight is 725 g/mol. The van der Waals surface area contributed by atoms with Crippen molar-refractivity contribution in [1.29, 1.82) is 0 Å². The quantitative estimate of drug-likeness (QED) is 0.238. The Balaban J connectivity index is 0.00000239. The molecule has 3 heterocycles. The van der Waals surface area contributed by atoms with Gasteiger partial charge in [-0.3, -0.25) is 9.69 Å². The van der Waals surface area contributed by atoms with Crippen molar-refractivity contribution >= 4 is 39.7 Å². The normalized spacial score (nSPS) is 30.3. The summed E-state index contributed by atoms with van der Waals surface area (Å²) in [7, 11) is 4.93. The van der Waals surface area contributed by atoms with Gasteiger partial charge in [-0.1, -0.05) is 73.6 Å². The Labute approximate surface area is 309 Å². The van der Waals surface area contributed by atoms with Crippen LogP contribution in [-0.4, -0.2) is 98.0 Å². The first-order valence-corrected chi connectivity index (χ1v) is 20.4. The van der Waals surface area contributed by atoms with Gasteiger partial charge in [0.05, 0.1) is 12.3 Å². The van der Waals surface area contributed by atoms with E-state index in [1.54, 1.807) is 0 Å². The standard InChI is InChI=1S/C40H57ClN4O2S.CH4O/c1-8-10-29-19-34(41)15-17-35(29)33-23-45-22-32-13-16-36(32)31(21-44-25-40(4,26-44)43(5)6)12-9-11-27(2)28(3)48(7)42-39(46)30-14-18-38(47-24-33)37(45)20-30;1-2/h9,12,14-15,17-20,27-28,31-33,36H,7-8,10-11,13,16,21-26H2,1-6H3,(H,42,46);2H,1H3/b12-9+;. The highest BCUT2D eigenvalue weighted by atomic mass is 35.5. The minimum Gasteiger partial charge on any atom is -0.491 e. The van der Waals surface area contributed by atoms with E-state index >= 15 is 0 Å². The summed E-state index contributed by atoms with van der Waals surface area (Å²) in [5, 5.41) is 8.06. The van der Waals surface area contributed by atoms with Gasteiger partial charge >= 0.3 is 0 Å². The summed E-state index contributed by atoms with van der Waals surface area (Å²) in [6.07, 6.45) is 10.6. The van der Waals surface area contributed by atoms with Crippen LogP contribution in [0.3, 0.4) is 0 Å². The van der Waals surface area contributed by atoms with Crippen molar-refractivity contribution in [2.45, 2.75) is 76.5 Å². The molecular formula is C41H61ClN4O3S. The second kappa shape index (κ2) is 17.0. The van der Waals surface area contributed by atoms with E-state index in [9.17, 15) is 4.79 Å². The van der Waals surface area contributed by atoms with E-state index in [1.807, 2.05) is 18.2 Å². The lowest BCUT2D eigenvalue weighted by atomic mass is 9.66. The minimum absolute atomic E-state index is 0.0534. The molecule has 7 nitrogen and oxygen atoms in total. The Morgan fingerprint density at radius 3 is 2.56 bits per heavy atom. The van der Waals surface area contributed by atoms with Gasteiger partial charge in [-0.25, -0.2) is 0 Å². The molecule has 6 rings (SSSR count). The number of likely N-dealkylation sites (N-methyl/N-ethyl adjacent to an activating group) is 1. The molecule has 0 spiro atoms. The molecule has 276 valence electrons. The Morgan fingerprint density at radius 1 is 1.12 bits per heavy atom. The van der Waals surface area contributed by atoms with Gasteiger partial charge in [0.25, 0.3) is 5.91 Å². The summed E-state index contributed by atoms with van der Waals surface area (Å²) in [5.74, 6) is 7.61. The molecule has 1 amide bonds. The summed E-state index contributed by atoms with van der Waals surface area (Å²) < 4.78 is 9.87. The molecule has 7 atom stereocenters.